The third-order valence-electron chi connectivity index (χ3n) is 4.53. The van der Waals surface area contributed by atoms with Gasteiger partial charge in [-0.05, 0) is 18.2 Å². The summed E-state index contributed by atoms with van der Waals surface area (Å²) in [7, 11) is 4.51. The van der Waals surface area contributed by atoms with Crippen molar-refractivity contribution >= 4 is 33.8 Å². The van der Waals surface area contributed by atoms with E-state index in [-0.39, 0.29) is 11.5 Å². The van der Waals surface area contributed by atoms with E-state index < -0.39 is 5.91 Å². The number of aromatic nitrogens is 2. The molecule has 4 rings (SSSR count). The lowest BCUT2D eigenvalue weighted by atomic mass is 10.2. The first-order chi connectivity index (χ1) is 14.5. The van der Waals surface area contributed by atoms with Crippen LogP contribution in [0.3, 0.4) is 0 Å². The lowest BCUT2D eigenvalue weighted by Crippen LogP contribution is -2.12. The molecule has 2 aromatic heterocycles. The molecule has 0 bridgehead atoms. The highest BCUT2D eigenvalue weighted by Gasteiger charge is 2.18. The second-order valence-electron chi connectivity index (χ2n) is 6.30. The smallest absolute Gasteiger partial charge is 0.275 e. The number of ether oxygens (including phenoxy) is 3. The van der Waals surface area contributed by atoms with E-state index in [1.807, 2.05) is 0 Å². The second-order valence-corrected chi connectivity index (χ2v) is 7.16. The van der Waals surface area contributed by atoms with E-state index in [1.54, 1.807) is 29.8 Å². The van der Waals surface area contributed by atoms with E-state index in [0.717, 1.165) is 11.1 Å². The van der Waals surface area contributed by atoms with Gasteiger partial charge in [0.05, 0.1) is 21.3 Å². The van der Waals surface area contributed by atoms with Crippen LogP contribution in [0.5, 0.6) is 17.2 Å². The summed E-state index contributed by atoms with van der Waals surface area (Å²) in [6.45, 7) is 0. The highest BCUT2D eigenvalue weighted by Crippen LogP contribution is 2.40. The topological polar surface area (TPSA) is 85.5 Å². The van der Waals surface area contributed by atoms with E-state index in [4.69, 9.17) is 14.2 Å². The van der Waals surface area contributed by atoms with Crippen LogP contribution < -0.4 is 19.5 Å². The number of hydrogen-bond acceptors (Lipinski definition) is 6. The summed E-state index contributed by atoms with van der Waals surface area (Å²) in [6.07, 6.45) is 1.75. The Labute approximate surface area is 175 Å². The number of methoxy groups -OCH3 is 3. The molecular weight excluding hydrogens is 409 g/mol. The van der Waals surface area contributed by atoms with Crippen molar-refractivity contribution < 1.29 is 23.4 Å². The van der Waals surface area contributed by atoms with Gasteiger partial charge in [0, 0.05) is 45.9 Å². The Morgan fingerprint density at radius 3 is 2.50 bits per heavy atom. The molecule has 0 spiro atoms. The molecule has 0 aliphatic rings. The van der Waals surface area contributed by atoms with Gasteiger partial charge in [0.1, 0.15) is 16.5 Å². The van der Waals surface area contributed by atoms with E-state index >= 15 is 0 Å². The summed E-state index contributed by atoms with van der Waals surface area (Å²) in [5.74, 6) is 0.553. The number of thiazole rings is 1. The van der Waals surface area contributed by atoms with Gasteiger partial charge in [-0.1, -0.05) is 0 Å². The van der Waals surface area contributed by atoms with Gasteiger partial charge in [-0.15, -0.1) is 11.3 Å². The van der Waals surface area contributed by atoms with E-state index in [2.05, 4.69) is 15.3 Å². The largest absolute Gasteiger partial charge is 0.493 e. The van der Waals surface area contributed by atoms with Gasteiger partial charge in [-0.3, -0.25) is 4.79 Å². The number of halogens is 1. The lowest BCUT2D eigenvalue weighted by Gasteiger charge is -2.14. The number of carbonyl (C=O) groups is 1. The van der Waals surface area contributed by atoms with Crippen LogP contribution in [-0.2, 0) is 0 Å². The molecule has 1 amide bonds. The van der Waals surface area contributed by atoms with Crippen molar-refractivity contribution in [1.82, 2.24) is 9.97 Å². The summed E-state index contributed by atoms with van der Waals surface area (Å²) in [6, 6.07) is 7.77. The van der Waals surface area contributed by atoms with Crippen LogP contribution in [-0.4, -0.2) is 37.2 Å². The van der Waals surface area contributed by atoms with Crippen molar-refractivity contribution in [3.05, 3.63) is 53.4 Å². The molecule has 154 valence electrons. The van der Waals surface area contributed by atoms with Crippen LogP contribution >= 0.6 is 11.3 Å². The molecule has 2 heterocycles. The highest BCUT2D eigenvalue weighted by atomic mass is 32.1. The van der Waals surface area contributed by atoms with Gasteiger partial charge in [0.25, 0.3) is 5.91 Å². The van der Waals surface area contributed by atoms with Gasteiger partial charge in [0.2, 0.25) is 5.75 Å². The van der Waals surface area contributed by atoms with Crippen LogP contribution in [0.1, 0.15) is 10.5 Å². The molecule has 0 atom stereocenters. The molecule has 0 aliphatic heterocycles. The first-order valence-electron chi connectivity index (χ1n) is 8.88. The van der Waals surface area contributed by atoms with Crippen LogP contribution in [0.25, 0.3) is 21.5 Å². The molecule has 0 aliphatic carbocycles. The zero-order valence-electron chi connectivity index (χ0n) is 16.4. The fourth-order valence-electron chi connectivity index (χ4n) is 3.12. The molecule has 7 nitrogen and oxygen atoms in total. The summed E-state index contributed by atoms with van der Waals surface area (Å²) in [5, 5.41) is 5.76. The number of carbonyl (C=O) groups excluding carboxylic acids is 1. The minimum absolute atomic E-state index is 0.245. The number of fused-ring (bicyclic) bond motifs is 1. The highest BCUT2D eigenvalue weighted by molar-refractivity contribution is 7.13. The first-order valence-corrected chi connectivity index (χ1v) is 9.76. The van der Waals surface area contributed by atoms with E-state index in [1.165, 1.54) is 44.8 Å². The van der Waals surface area contributed by atoms with Gasteiger partial charge in [-0.25, -0.2) is 9.37 Å². The van der Waals surface area contributed by atoms with Gasteiger partial charge in [0.15, 0.2) is 11.5 Å². The molecule has 2 N–H and O–H groups in total. The van der Waals surface area contributed by atoms with Crippen molar-refractivity contribution in [2.75, 3.05) is 26.6 Å². The Bertz CT molecular complexity index is 1210. The van der Waals surface area contributed by atoms with E-state index in [0.29, 0.717) is 33.3 Å². The zero-order chi connectivity index (χ0) is 21.3. The number of rotatable bonds is 6. The summed E-state index contributed by atoms with van der Waals surface area (Å²) < 4.78 is 29.5. The SMILES string of the molecule is COc1cc(NC(=O)c2csc(-c3c[nH]c4ccc(F)cc34)n2)cc(OC)c1OC. The number of nitrogens with one attached hydrogen (secondary N) is 2. The molecular formula is C21H18FN3O4S. The maximum atomic E-state index is 13.6. The number of anilines is 1. The number of nitrogens with zero attached hydrogens (tertiary/aromatic N) is 1. The summed E-state index contributed by atoms with van der Waals surface area (Å²) in [4.78, 5) is 20.2. The molecule has 0 saturated carbocycles. The second kappa shape index (κ2) is 8.03. The van der Waals surface area contributed by atoms with Crippen LogP contribution in [0.4, 0.5) is 10.1 Å². The van der Waals surface area contributed by atoms with Crippen molar-refractivity contribution in [2.24, 2.45) is 0 Å². The molecule has 0 radical (unpaired) electrons. The molecule has 0 unspecified atom stereocenters. The minimum Gasteiger partial charge on any atom is -0.493 e. The molecule has 4 aromatic rings. The molecule has 0 fully saturated rings. The fourth-order valence-corrected chi connectivity index (χ4v) is 3.95. The van der Waals surface area contributed by atoms with Crippen molar-refractivity contribution in [2.45, 2.75) is 0 Å². The number of aromatic amines is 1. The third kappa shape index (κ3) is 3.55. The molecule has 30 heavy (non-hydrogen) atoms. The van der Waals surface area contributed by atoms with Crippen LogP contribution in [0, 0.1) is 5.82 Å². The lowest BCUT2D eigenvalue weighted by molar-refractivity contribution is 0.102. The predicted molar refractivity (Wildman–Crippen MR) is 113 cm³/mol. The van der Waals surface area contributed by atoms with Crippen LogP contribution in [0.15, 0.2) is 41.9 Å². The van der Waals surface area contributed by atoms with Crippen molar-refractivity contribution in [3.63, 3.8) is 0 Å². The number of H-pyrrole nitrogens is 1. The van der Waals surface area contributed by atoms with Gasteiger partial charge >= 0.3 is 0 Å². The maximum Gasteiger partial charge on any atom is 0.275 e. The fraction of sp³-hybridized carbons (Fsp3) is 0.143. The zero-order valence-corrected chi connectivity index (χ0v) is 17.2. The van der Waals surface area contributed by atoms with Crippen molar-refractivity contribution in [3.8, 4) is 27.8 Å². The average Bonchev–Trinajstić information content (AvgIpc) is 3.39. The Morgan fingerprint density at radius 1 is 1.10 bits per heavy atom. The third-order valence-corrected chi connectivity index (χ3v) is 5.41. The quantitative estimate of drug-likeness (QED) is 0.466. The number of hydrogen-bond donors (Lipinski definition) is 2. The summed E-state index contributed by atoms with van der Waals surface area (Å²) >= 11 is 1.30. The average molecular weight is 427 g/mol. The number of amides is 1. The van der Waals surface area contributed by atoms with Gasteiger partial charge in [-0.2, -0.15) is 0 Å². The predicted octanol–water partition coefficient (Wildman–Crippen LogP) is 4.71. The molecule has 2 aromatic carbocycles. The summed E-state index contributed by atoms with van der Waals surface area (Å²) in [5.41, 5.74) is 2.25. The van der Waals surface area contributed by atoms with Gasteiger partial charge < -0.3 is 24.5 Å². The Balaban J connectivity index is 1.61. The molecule has 0 saturated heterocycles. The Morgan fingerprint density at radius 2 is 1.83 bits per heavy atom. The Hall–Kier alpha value is -3.59. The Kier molecular flexibility index (Phi) is 5.28. The van der Waals surface area contributed by atoms with Crippen molar-refractivity contribution in [1.29, 1.82) is 0 Å². The minimum atomic E-state index is -0.391. The maximum absolute atomic E-state index is 13.6. The normalized spacial score (nSPS) is 10.8. The standard InChI is InChI=1S/C21H18FN3O4S/c1-27-17-7-12(8-18(28-2)19(17)29-3)24-20(26)16-10-30-21(25-16)14-9-23-15-5-4-11(22)6-13(14)15/h4-10,23H,1-3H3,(H,24,26). The van der Waals surface area contributed by atoms with Crippen LogP contribution in [0.2, 0.25) is 0 Å². The first kappa shape index (κ1) is 19.7. The monoisotopic (exact) mass is 427 g/mol. The van der Waals surface area contributed by atoms with E-state index in [9.17, 15) is 9.18 Å². The number of benzene rings is 2. The molecule has 9 heteroatoms.